The minimum Gasteiger partial charge on any atom is -0.444 e. The van der Waals surface area contributed by atoms with E-state index in [1.165, 1.54) is 11.1 Å². The Morgan fingerprint density at radius 2 is 2.04 bits per heavy atom. The van der Waals surface area contributed by atoms with Gasteiger partial charge in [0, 0.05) is 6.54 Å². The Bertz CT molecular complexity index is 566. The Morgan fingerprint density at radius 3 is 2.65 bits per heavy atom. The van der Waals surface area contributed by atoms with Gasteiger partial charge in [0.2, 0.25) is 0 Å². The van der Waals surface area contributed by atoms with Crippen LogP contribution in [0.4, 0.5) is 4.79 Å². The summed E-state index contributed by atoms with van der Waals surface area (Å²) in [5, 5.41) is 0. The third-order valence-electron chi connectivity index (χ3n) is 4.12. The lowest BCUT2D eigenvalue weighted by atomic mass is 9.95. The van der Waals surface area contributed by atoms with Crippen LogP contribution in [0.3, 0.4) is 0 Å². The number of carbonyl (C=O) groups is 1. The maximum atomic E-state index is 12.5. The van der Waals surface area contributed by atoms with Crippen LogP contribution in [-0.4, -0.2) is 42.4 Å². The van der Waals surface area contributed by atoms with Gasteiger partial charge in [0.25, 0.3) is 0 Å². The zero-order valence-electron chi connectivity index (χ0n) is 14.8. The number of hydrogen-bond donors (Lipinski definition) is 1. The molecule has 1 heterocycles. The van der Waals surface area contributed by atoms with Gasteiger partial charge < -0.3 is 15.2 Å². The number of aryl methyl sites for hydroxylation is 2. The first-order valence-corrected chi connectivity index (χ1v) is 8.09. The lowest BCUT2D eigenvalue weighted by molar-refractivity contribution is -0.0382. The fourth-order valence-corrected chi connectivity index (χ4v) is 2.66. The Labute approximate surface area is 138 Å². The zero-order valence-corrected chi connectivity index (χ0v) is 14.8. The number of hydrogen-bond acceptors (Lipinski definition) is 4. The van der Waals surface area contributed by atoms with Crippen molar-refractivity contribution in [2.24, 2.45) is 5.73 Å². The normalized spacial score (nSPS) is 20.3. The Kier molecular flexibility index (Phi) is 5.32. The molecule has 0 bridgehead atoms. The van der Waals surface area contributed by atoms with Crippen molar-refractivity contribution in [3.8, 4) is 0 Å². The maximum Gasteiger partial charge on any atom is 0.410 e. The van der Waals surface area contributed by atoms with E-state index in [4.69, 9.17) is 15.2 Å². The van der Waals surface area contributed by atoms with E-state index in [9.17, 15) is 4.79 Å². The summed E-state index contributed by atoms with van der Waals surface area (Å²) < 4.78 is 11.1. The lowest BCUT2D eigenvalue weighted by Gasteiger charge is -2.39. The van der Waals surface area contributed by atoms with Crippen LogP contribution in [0, 0.1) is 13.8 Å². The number of nitrogens with two attached hydrogens (primary N) is 1. The summed E-state index contributed by atoms with van der Waals surface area (Å²) in [6.45, 7) is 11.2. The number of nitrogens with zero attached hydrogens (tertiary/aromatic N) is 1. The van der Waals surface area contributed by atoms with Crippen molar-refractivity contribution in [3.05, 3.63) is 34.9 Å². The van der Waals surface area contributed by atoms with Crippen molar-refractivity contribution in [3.63, 3.8) is 0 Å². The number of morpholine rings is 1. The highest BCUT2D eigenvalue weighted by Crippen LogP contribution is 2.25. The molecule has 0 saturated carbocycles. The number of rotatable bonds is 2. The van der Waals surface area contributed by atoms with Crippen LogP contribution in [-0.2, 0) is 9.47 Å². The molecule has 0 spiro atoms. The fourth-order valence-electron chi connectivity index (χ4n) is 2.66. The molecule has 0 aliphatic carbocycles. The van der Waals surface area contributed by atoms with E-state index in [1.54, 1.807) is 4.90 Å². The Hall–Kier alpha value is -1.59. The summed E-state index contributed by atoms with van der Waals surface area (Å²) in [7, 11) is 0. The standard InChI is InChI=1S/C18H28N2O3/c1-12-6-7-14(10-13(12)2)16(19)15-11-22-9-8-20(15)17(21)23-18(3,4)5/h6-7,10,15-16H,8-9,11,19H2,1-5H3. The van der Waals surface area contributed by atoms with Crippen molar-refractivity contribution in [1.82, 2.24) is 4.90 Å². The molecule has 1 aromatic rings. The number of ether oxygens (including phenoxy) is 2. The van der Waals surface area contributed by atoms with Crippen LogP contribution in [0.2, 0.25) is 0 Å². The minimum absolute atomic E-state index is 0.222. The molecule has 1 aliphatic heterocycles. The topological polar surface area (TPSA) is 64.8 Å². The number of amides is 1. The second-order valence-electron chi connectivity index (χ2n) is 7.19. The molecule has 1 aromatic carbocycles. The molecule has 1 amide bonds. The minimum atomic E-state index is -0.523. The van der Waals surface area contributed by atoms with Gasteiger partial charge in [-0.15, -0.1) is 0 Å². The van der Waals surface area contributed by atoms with Crippen molar-refractivity contribution < 1.29 is 14.3 Å². The first-order valence-electron chi connectivity index (χ1n) is 8.09. The highest BCUT2D eigenvalue weighted by molar-refractivity contribution is 5.69. The summed E-state index contributed by atoms with van der Waals surface area (Å²) in [4.78, 5) is 14.2. The second-order valence-corrected chi connectivity index (χ2v) is 7.19. The second kappa shape index (κ2) is 6.89. The molecule has 2 N–H and O–H groups in total. The molecule has 2 rings (SSSR count). The van der Waals surface area contributed by atoms with E-state index in [2.05, 4.69) is 26.0 Å². The molecule has 128 valence electrons. The average Bonchev–Trinajstić information content (AvgIpc) is 2.47. The smallest absolute Gasteiger partial charge is 0.410 e. The summed E-state index contributed by atoms with van der Waals surface area (Å²) in [6, 6.07) is 5.64. The van der Waals surface area contributed by atoms with Crippen molar-refractivity contribution in [1.29, 1.82) is 0 Å². The molecule has 2 unspecified atom stereocenters. The van der Waals surface area contributed by atoms with Gasteiger partial charge in [0.15, 0.2) is 0 Å². The molecule has 5 heteroatoms. The number of benzene rings is 1. The first kappa shape index (κ1) is 17.8. The fraction of sp³-hybridized carbons (Fsp3) is 0.611. The van der Waals surface area contributed by atoms with E-state index >= 15 is 0 Å². The highest BCUT2D eigenvalue weighted by atomic mass is 16.6. The van der Waals surface area contributed by atoms with Crippen LogP contribution in [0.5, 0.6) is 0 Å². The van der Waals surface area contributed by atoms with E-state index < -0.39 is 5.60 Å². The van der Waals surface area contributed by atoms with E-state index in [0.717, 1.165) is 5.56 Å². The summed E-state index contributed by atoms with van der Waals surface area (Å²) in [5.41, 5.74) is 9.36. The Morgan fingerprint density at radius 1 is 1.35 bits per heavy atom. The molecule has 1 saturated heterocycles. The molecular formula is C18H28N2O3. The summed E-state index contributed by atoms with van der Waals surface area (Å²) in [6.07, 6.45) is -0.329. The van der Waals surface area contributed by atoms with Gasteiger partial charge in [0.05, 0.1) is 25.3 Å². The van der Waals surface area contributed by atoms with E-state index in [-0.39, 0.29) is 18.2 Å². The van der Waals surface area contributed by atoms with Crippen LogP contribution in [0.15, 0.2) is 18.2 Å². The van der Waals surface area contributed by atoms with Gasteiger partial charge in [-0.05, 0) is 51.3 Å². The molecule has 2 atom stereocenters. The summed E-state index contributed by atoms with van der Waals surface area (Å²) in [5.74, 6) is 0. The summed E-state index contributed by atoms with van der Waals surface area (Å²) >= 11 is 0. The lowest BCUT2D eigenvalue weighted by Crippen LogP contribution is -2.54. The van der Waals surface area contributed by atoms with E-state index in [0.29, 0.717) is 19.8 Å². The predicted octanol–water partition coefficient (Wildman–Crippen LogP) is 2.94. The quantitative estimate of drug-likeness (QED) is 0.910. The van der Waals surface area contributed by atoms with Gasteiger partial charge in [0.1, 0.15) is 5.60 Å². The van der Waals surface area contributed by atoms with Gasteiger partial charge in [-0.3, -0.25) is 4.90 Å². The van der Waals surface area contributed by atoms with Crippen molar-refractivity contribution >= 4 is 6.09 Å². The van der Waals surface area contributed by atoms with Gasteiger partial charge in [-0.2, -0.15) is 0 Å². The van der Waals surface area contributed by atoms with Gasteiger partial charge in [-0.1, -0.05) is 18.2 Å². The van der Waals surface area contributed by atoms with E-state index in [1.807, 2.05) is 26.8 Å². The molecule has 5 nitrogen and oxygen atoms in total. The Balaban J connectivity index is 2.19. The molecular weight excluding hydrogens is 292 g/mol. The molecule has 23 heavy (non-hydrogen) atoms. The van der Waals surface area contributed by atoms with Crippen LogP contribution < -0.4 is 5.73 Å². The van der Waals surface area contributed by atoms with Crippen molar-refractivity contribution in [2.45, 2.75) is 52.3 Å². The monoisotopic (exact) mass is 320 g/mol. The third-order valence-corrected chi connectivity index (χ3v) is 4.12. The van der Waals surface area contributed by atoms with Crippen molar-refractivity contribution in [2.75, 3.05) is 19.8 Å². The predicted molar refractivity (Wildman–Crippen MR) is 90.4 cm³/mol. The third kappa shape index (κ3) is 4.45. The molecule has 0 radical (unpaired) electrons. The first-order chi connectivity index (χ1) is 10.7. The number of carbonyl (C=O) groups excluding carboxylic acids is 1. The zero-order chi connectivity index (χ0) is 17.2. The molecule has 1 fully saturated rings. The van der Waals surface area contributed by atoms with Crippen LogP contribution in [0.25, 0.3) is 0 Å². The average molecular weight is 320 g/mol. The highest BCUT2D eigenvalue weighted by Gasteiger charge is 2.35. The van der Waals surface area contributed by atoms with Gasteiger partial charge in [-0.25, -0.2) is 4.79 Å². The van der Waals surface area contributed by atoms with Crippen LogP contribution >= 0.6 is 0 Å². The maximum absolute atomic E-state index is 12.5. The van der Waals surface area contributed by atoms with Crippen LogP contribution in [0.1, 0.15) is 43.5 Å². The van der Waals surface area contributed by atoms with Gasteiger partial charge >= 0.3 is 6.09 Å². The SMILES string of the molecule is Cc1ccc(C(N)C2COCCN2C(=O)OC(C)(C)C)cc1C. The molecule has 1 aliphatic rings. The molecule has 0 aromatic heterocycles. The largest absolute Gasteiger partial charge is 0.444 e.